The summed E-state index contributed by atoms with van der Waals surface area (Å²) in [6.45, 7) is 4.29. The normalized spacial score (nSPS) is 10.5. The zero-order valence-corrected chi connectivity index (χ0v) is 11.5. The van der Waals surface area contributed by atoms with E-state index in [1.54, 1.807) is 11.9 Å². The van der Waals surface area contributed by atoms with Crippen LogP contribution < -0.4 is 0 Å². The van der Waals surface area contributed by atoms with Crippen LogP contribution in [0.1, 0.15) is 22.6 Å². The number of rotatable bonds is 4. The Morgan fingerprint density at radius 1 is 1.26 bits per heavy atom. The molecule has 0 saturated carbocycles. The Morgan fingerprint density at radius 3 is 2.53 bits per heavy atom. The number of hydrogen-bond acceptors (Lipinski definition) is 3. The third-order valence-electron chi connectivity index (χ3n) is 3.20. The summed E-state index contributed by atoms with van der Waals surface area (Å²) >= 11 is 0. The van der Waals surface area contributed by atoms with Gasteiger partial charge in [-0.05, 0) is 19.4 Å². The standard InChI is InChI=1S/C15H18N2O2/c1-11-14(12(2)19-16-11)10-17(3)15(18)9-13-7-5-4-6-8-13/h4-8H,9-10H2,1-3H3. The average molecular weight is 258 g/mol. The van der Waals surface area contributed by atoms with Crippen LogP contribution in [-0.2, 0) is 17.8 Å². The number of nitrogens with zero attached hydrogens (tertiary/aromatic N) is 2. The molecule has 0 unspecified atom stereocenters. The van der Waals surface area contributed by atoms with Gasteiger partial charge in [-0.2, -0.15) is 0 Å². The third kappa shape index (κ3) is 3.22. The summed E-state index contributed by atoms with van der Waals surface area (Å²) in [6, 6.07) is 9.75. The van der Waals surface area contributed by atoms with Gasteiger partial charge in [-0.15, -0.1) is 0 Å². The maximum atomic E-state index is 12.1. The van der Waals surface area contributed by atoms with E-state index in [1.165, 1.54) is 0 Å². The molecule has 4 nitrogen and oxygen atoms in total. The SMILES string of the molecule is Cc1noc(C)c1CN(C)C(=O)Cc1ccccc1. The number of carbonyl (C=O) groups excluding carboxylic acids is 1. The van der Waals surface area contributed by atoms with E-state index in [2.05, 4.69) is 5.16 Å². The largest absolute Gasteiger partial charge is 0.361 e. The molecule has 19 heavy (non-hydrogen) atoms. The first-order chi connectivity index (χ1) is 9.08. The molecule has 1 aromatic heterocycles. The van der Waals surface area contributed by atoms with Crippen molar-refractivity contribution in [1.29, 1.82) is 0 Å². The minimum atomic E-state index is 0.0891. The molecule has 4 heteroatoms. The maximum Gasteiger partial charge on any atom is 0.227 e. The Hall–Kier alpha value is -2.10. The second kappa shape index (κ2) is 5.69. The molecule has 1 heterocycles. The molecule has 100 valence electrons. The minimum Gasteiger partial charge on any atom is -0.361 e. The fraction of sp³-hybridized carbons (Fsp3) is 0.333. The van der Waals surface area contributed by atoms with Crippen molar-refractivity contribution in [2.75, 3.05) is 7.05 Å². The van der Waals surface area contributed by atoms with E-state index in [0.29, 0.717) is 13.0 Å². The number of carbonyl (C=O) groups is 1. The highest BCUT2D eigenvalue weighted by Gasteiger charge is 2.15. The first-order valence-electron chi connectivity index (χ1n) is 6.27. The Labute approximate surface area is 113 Å². The lowest BCUT2D eigenvalue weighted by Gasteiger charge is -2.17. The fourth-order valence-electron chi connectivity index (χ4n) is 1.96. The van der Waals surface area contributed by atoms with Crippen LogP contribution in [0.25, 0.3) is 0 Å². The number of amides is 1. The average Bonchev–Trinajstić information content (AvgIpc) is 2.71. The van der Waals surface area contributed by atoms with E-state index in [-0.39, 0.29) is 5.91 Å². The number of aromatic nitrogens is 1. The topological polar surface area (TPSA) is 46.3 Å². The van der Waals surface area contributed by atoms with Gasteiger partial charge in [0, 0.05) is 12.6 Å². The zero-order valence-electron chi connectivity index (χ0n) is 11.5. The van der Waals surface area contributed by atoms with Crippen molar-refractivity contribution in [2.24, 2.45) is 0 Å². The lowest BCUT2D eigenvalue weighted by molar-refractivity contribution is -0.129. The molecule has 0 saturated heterocycles. The van der Waals surface area contributed by atoms with Gasteiger partial charge in [0.25, 0.3) is 0 Å². The molecule has 2 aromatic rings. The van der Waals surface area contributed by atoms with Crippen molar-refractivity contribution in [3.05, 3.63) is 52.9 Å². The molecule has 0 bridgehead atoms. The van der Waals surface area contributed by atoms with Crippen molar-refractivity contribution >= 4 is 5.91 Å². The van der Waals surface area contributed by atoms with Gasteiger partial charge in [-0.1, -0.05) is 35.5 Å². The van der Waals surface area contributed by atoms with E-state index in [9.17, 15) is 4.79 Å². The zero-order chi connectivity index (χ0) is 13.8. The van der Waals surface area contributed by atoms with Crippen LogP contribution in [0, 0.1) is 13.8 Å². The van der Waals surface area contributed by atoms with Crippen LogP contribution in [0.2, 0.25) is 0 Å². The number of likely N-dealkylation sites (N-methyl/N-ethyl adjacent to an activating group) is 1. The fourth-order valence-corrected chi connectivity index (χ4v) is 1.96. The summed E-state index contributed by atoms with van der Waals surface area (Å²) in [5, 5.41) is 3.90. The van der Waals surface area contributed by atoms with Crippen LogP contribution >= 0.6 is 0 Å². The number of aryl methyl sites for hydroxylation is 2. The van der Waals surface area contributed by atoms with Gasteiger partial charge in [-0.3, -0.25) is 4.79 Å². The summed E-state index contributed by atoms with van der Waals surface area (Å²) in [5.74, 6) is 0.864. The van der Waals surface area contributed by atoms with Crippen molar-refractivity contribution in [1.82, 2.24) is 10.1 Å². The van der Waals surface area contributed by atoms with Crippen molar-refractivity contribution in [3.63, 3.8) is 0 Å². The molecule has 0 atom stereocenters. The Bertz CT molecular complexity index is 541. The third-order valence-corrected chi connectivity index (χ3v) is 3.20. The van der Waals surface area contributed by atoms with Gasteiger partial charge in [-0.25, -0.2) is 0 Å². The molecule has 0 fully saturated rings. The van der Waals surface area contributed by atoms with Crippen LogP contribution in [0.3, 0.4) is 0 Å². The number of hydrogen-bond donors (Lipinski definition) is 0. The number of benzene rings is 1. The van der Waals surface area contributed by atoms with Gasteiger partial charge in [0.1, 0.15) is 5.76 Å². The smallest absolute Gasteiger partial charge is 0.227 e. The molecule has 0 aliphatic rings. The maximum absolute atomic E-state index is 12.1. The van der Waals surface area contributed by atoms with Crippen LogP contribution in [0.15, 0.2) is 34.9 Å². The monoisotopic (exact) mass is 258 g/mol. The molecule has 2 rings (SSSR count). The predicted molar refractivity (Wildman–Crippen MR) is 72.6 cm³/mol. The lowest BCUT2D eigenvalue weighted by Crippen LogP contribution is -2.28. The van der Waals surface area contributed by atoms with Gasteiger partial charge in [0.05, 0.1) is 18.7 Å². The second-order valence-electron chi connectivity index (χ2n) is 4.71. The van der Waals surface area contributed by atoms with E-state index >= 15 is 0 Å². The summed E-state index contributed by atoms with van der Waals surface area (Å²) in [4.78, 5) is 13.8. The summed E-state index contributed by atoms with van der Waals surface area (Å²) in [7, 11) is 1.80. The molecule has 0 radical (unpaired) electrons. The molecule has 0 spiro atoms. The van der Waals surface area contributed by atoms with Crippen molar-refractivity contribution in [3.8, 4) is 0 Å². The van der Waals surface area contributed by atoms with Crippen LogP contribution in [-0.4, -0.2) is 23.0 Å². The van der Waals surface area contributed by atoms with Crippen LogP contribution in [0.5, 0.6) is 0 Å². The molecule has 1 amide bonds. The summed E-state index contributed by atoms with van der Waals surface area (Å²) in [5.41, 5.74) is 2.86. The minimum absolute atomic E-state index is 0.0891. The summed E-state index contributed by atoms with van der Waals surface area (Å²) < 4.78 is 5.11. The molecule has 0 N–H and O–H groups in total. The Kier molecular flexibility index (Phi) is 4.00. The van der Waals surface area contributed by atoms with Gasteiger partial charge in [0.15, 0.2) is 0 Å². The van der Waals surface area contributed by atoms with Gasteiger partial charge >= 0.3 is 0 Å². The Morgan fingerprint density at radius 2 is 1.95 bits per heavy atom. The molecular formula is C15H18N2O2. The first kappa shape index (κ1) is 13.3. The quantitative estimate of drug-likeness (QED) is 0.846. The highest BCUT2D eigenvalue weighted by Crippen LogP contribution is 2.14. The van der Waals surface area contributed by atoms with Gasteiger partial charge < -0.3 is 9.42 Å². The first-order valence-corrected chi connectivity index (χ1v) is 6.27. The lowest BCUT2D eigenvalue weighted by atomic mass is 10.1. The molecular weight excluding hydrogens is 240 g/mol. The highest BCUT2D eigenvalue weighted by atomic mass is 16.5. The van der Waals surface area contributed by atoms with Crippen LogP contribution in [0.4, 0.5) is 0 Å². The second-order valence-corrected chi connectivity index (χ2v) is 4.71. The van der Waals surface area contributed by atoms with E-state index < -0.39 is 0 Å². The van der Waals surface area contributed by atoms with E-state index in [0.717, 1.165) is 22.6 Å². The molecule has 0 aliphatic carbocycles. The predicted octanol–water partition coefficient (Wildman–Crippen LogP) is 2.49. The Balaban J connectivity index is 2.00. The van der Waals surface area contributed by atoms with E-state index in [1.807, 2.05) is 44.2 Å². The van der Waals surface area contributed by atoms with Gasteiger partial charge in [0.2, 0.25) is 5.91 Å². The van der Waals surface area contributed by atoms with E-state index in [4.69, 9.17) is 4.52 Å². The molecule has 1 aromatic carbocycles. The highest BCUT2D eigenvalue weighted by molar-refractivity contribution is 5.78. The molecule has 0 aliphatic heterocycles. The van der Waals surface area contributed by atoms with Crippen molar-refractivity contribution in [2.45, 2.75) is 26.8 Å². The summed E-state index contributed by atoms with van der Waals surface area (Å²) in [6.07, 6.45) is 0.417. The van der Waals surface area contributed by atoms with Crippen molar-refractivity contribution < 1.29 is 9.32 Å².